The van der Waals surface area contributed by atoms with Crippen molar-refractivity contribution in [3.63, 3.8) is 0 Å². The second-order valence-corrected chi connectivity index (χ2v) is 8.91. The number of nitrogens with zero attached hydrogens (tertiary/aromatic N) is 2. The number of nitrogens with one attached hydrogen (secondary N) is 1. The first kappa shape index (κ1) is 22.7. The van der Waals surface area contributed by atoms with Crippen molar-refractivity contribution in [3.05, 3.63) is 58.8 Å². The lowest BCUT2D eigenvalue weighted by Crippen LogP contribution is -2.33. The van der Waals surface area contributed by atoms with Gasteiger partial charge < -0.3 is 15.2 Å². The number of aliphatic carboxylic acids is 1. The standard InChI is InChI=1S/C26H35N3O3/c1-2-19-8-10-20(11-9-19)24(26(30)31)29-16-14-23(18-29)32-17-4-3-7-22-13-12-21-6-5-15-27-25(21)28-22/h8-13,23-24H,2-7,14-18H2,1H3,(H,27,28)(H,30,31). The van der Waals surface area contributed by atoms with Crippen LogP contribution in [0.4, 0.5) is 5.82 Å². The van der Waals surface area contributed by atoms with Crippen LogP contribution in [-0.2, 0) is 28.8 Å². The van der Waals surface area contributed by atoms with Gasteiger partial charge in [0.25, 0.3) is 0 Å². The maximum Gasteiger partial charge on any atom is 0.325 e. The summed E-state index contributed by atoms with van der Waals surface area (Å²) in [5, 5.41) is 13.2. The highest BCUT2D eigenvalue weighted by atomic mass is 16.5. The Labute approximate surface area is 191 Å². The maximum atomic E-state index is 12.0. The van der Waals surface area contributed by atoms with E-state index in [9.17, 15) is 9.90 Å². The Morgan fingerprint density at radius 3 is 2.88 bits per heavy atom. The van der Waals surface area contributed by atoms with Gasteiger partial charge in [-0.05, 0) is 67.7 Å². The van der Waals surface area contributed by atoms with Crippen molar-refractivity contribution in [2.45, 2.75) is 64.0 Å². The Bertz CT molecular complexity index is 900. The van der Waals surface area contributed by atoms with Crippen LogP contribution in [0.15, 0.2) is 36.4 Å². The Morgan fingerprint density at radius 2 is 2.09 bits per heavy atom. The fraction of sp³-hybridized carbons (Fsp3) is 0.538. The Balaban J connectivity index is 1.20. The molecule has 2 atom stereocenters. The number of likely N-dealkylation sites (tertiary alicyclic amines) is 1. The summed E-state index contributed by atoms with van der Waals surface area (Å²) >= 11 is 0. The number of pyridine rings is 1. The van der Waals surface area contributed by atoms with Crippen LogP contribution in [0.5, 0.6) is 0 Å². The van der Waals surface area contributed by atoms with Gasteiger partial charge in [0.15, 0.2) is 0 Å². The first-order valence-electron chi connectivity index (χ1n) is 12.0. The van der Waals surface area contributed by atoms with Gasteiger partial charge in [0, 0.05) is 31.9 Å². The van der Waals surface area contributed by atoms with E-state index >= 15 is 0 Å². The van der Waals surface area contributed by atoms with Gasteiger partial charge in [-0.25, -0.2) is 4.98 Å². The number of aryl methyl sites for hydroxylation is 3. The number of fused-ring (bicyclic) bond motifs is 1. The fourth-order valence-corrected chi connectivity index (χ4v) is 4.74. The van der Waals surface area contributed by atoms with E-state index in [1.807, 2.05) is 29.2 Å². The van der Waals surface area contributed by atoms with E-state index in [4.69, 9.17) is 9.72 Å². The molecule has 0 bridgehead atoms. The Morgan fingerprint density at radius 1 is 1.25 bits per heavy atom. The van der Waals surface area contributed by atoms with Gasteiger partial charge in [0.2, 0.25) is 0 Å². The largest absolute Gasteiger partial charge is 0.480 e. The second-order valence-electron chi connectivity index (χ2n) is 8.91. The van der Waals surface area contributed by atoms with Gasteiger partial charge in [0.1, 0.15) is 11.9 Å². The minimum atomic E-state index is -0.790. The van der Waals surface area contributed by atoms with Gasteiger partial charge >= 0.3 is 5.97 Å². The highest BCUT2D eigenvalue weighted by Gasteiger charge is 2.33. The molecule has 0 amide bonds. The number of ether oxygens (including phenoxy) is 1. The Kier molecular flexibility index (Phi) is 7.76. The summed E-state index contributed by atoms with van der Waals surface area (Å²) in [6.45, 7) is 5.26. The van der Waals surface area contributed by atoms with Crippen LogP contribution in [0.3, 0.4) is 0 Å². The molecule has 2 aliphatic rings. The van der Waals surface area contributed by atoms with Gasteiger partial charge in [0.05, 0.1) is 6.10 Å². The van der Waals surface area contributed by atoms with E-state index in [2.05, 4.69) is 24.4 Å². The van der Waals surface area contributed by atoms with Crippen LogP contribution in [0.2, 0.25) is 0 Å². The van der Waals surface area contributed by atoms with E-state index in [0.717, 1.165) is 68.7 Å². The van der Waals surface area contributed by atoms with E-state index in [-0.39, 0.29) is 6.10 Å². The summed E-state index contributed by atoms with van der Waals surface area (Å²) in [6, 6.07) is 11.7. The summed E-state index contributed by atoms with van der Waals surface area (Å²) in [4.78, 5) is 18.8. The van der Waals surface area contributed by atoms with Gasteiger partial charge in [-0.15, -0.1) is 0 Å². The monoisotopic (exact) mass is 437 g/mol. The van der Waals surface area contributed by atoms with E-state index in [1.54, 1.807) is 0 Å². The van der Waals surface area contributed by atoms with Crippen molar-refractivity contribution < 1.29 is 14.6 Å². The number of anilines is 1. The number of rotatable bonds is 10. The van der Waals surface area contributed by atoms with E-state index in [0.29, 0.717) is 13.2 Å². The molecule has 1 aromatic carbocycles. The average molecular weight is 438 g/mol. The van der Waals surface area contributed by atoms with E-state index < -0.39 is 12.0 Å². The molecule has 0 saturated carbocycles. The lowest BCUT2D eigenvalue weighted by molar-refractivity contribution is -0.143. The molecule has 0 spiro atoms. The average Bonchev–Trinajstić information content (AvgIpc) is 3.27. The molecule has 1 aromatic heterocycles. The van der Waals surface area contributed by atoms with Crippen LogP contribution in [0, 0.1) is 0 Å². The predicted molar refractivity (Wildman–Crippen MR) is 126 cm³/mol. The summed E-state index contributed by atoms with van der Waals surface area (Å²) in [7, 11) is 0. The molecular formula is C26H35N3O3. The van der Waals surface area contributed by atoms with Crippen molar-refractivity contribution in [2.75, 3.05) is 31.6 Å². The molecule has 4 rings (SSSR count). The summed E-state index contributed by atoms with van der Waals surface area (Å²) in [5.74, 6) is 0.273. The van der Waals surface area contributed by atoms with Crippen LogP contribution in [-0.4, -0.2) is 53.3 Å². The molecule has 2 aromatic rings. The molecule has 172 valence electrons. The SMILES string of the molecule is CCc1ccc(C(C(=O)O)N2CCC(OCCCCc3ccc4c(n3)NCCC4)C2)cc1. The number of hydrogen-bond donors (Lipinski definition) is 2. The minimum Gasteiger partial charge on any atom is -0.480 e. The number of unbranched alkanes of at least 4 members (excludes halogenated alkanes) is 1. The lowest BCUT2D eigenvalue weighted by Gasteiger charge is -2.24. The first-order chi connectivity index (χ1) is 15.6. The number of carboxylic acids is 1. The number of hydrogen-bond acceptors (Lipinski definition) is 5. The van der Waals surface area contributed by atoms with Gasteiger partial charge in [-0.3, -0.25) is 9.69 Å². The quantitative estimate of drug-likeness (QED) is 0.542. The molecule has 2 unspecified atom stereocenters. The Hall–Kier alpha value is -2.44. The topological polar surface area (TPSA) is 74.7 Å². The van der Waals surface area contributed by atoms with Crippen LogP contribution in [0.25, 0.3) is 0 Å². The zero-order valence-corrected chi connectivity index (χ0v) is 19.1. The molecule has 0 aliphatic carbocycles. The third-order valence-electron chi connectivity index (χ3n) is 6.61. The number of carboxylic acid groups (broad SMARTS) is 1. The zero-order valence-electron chi connectivity index (χ0n) is 19.1. The normalized spacial score (nSPS) is 19.3. The number of benzene rings is 1. The molecule has 2 aliphatic heterocycles. The van der Waals surface area contributed by atoms with Crippen molar-refractivity contribution in [1.82, 2.24) is 9.88 Å². The predicted octanol–water partition coefficient (Wildman–Crippen LogP) is 4.24. The highest BCUT2D eigenvalue weighted by molar-refractivity contribution is 5.75. The summed E-state index contributed by atoms with van der Waals surface area (Å²) in [6.07, 6.45) is 7.25. The second kappa shape index (κ2) is 10.9. The third kappa shape index (κ3) is 5.67. The van der Waals surface area contributed by atoms with Crippen molar-refractivity contribution >= 4 is 11.8 Å². The number of aromatic nitrogens is 1. The van der Waals surface area contributed by atoms with Crippen LogP contribution < -0.4 is 5.32 Å². The molecule has 32 heavy (non-hydrogen) atoms. The van der Waals surface area contributed by atoms with E-state index in [1.165, 1.54) is 17.5 Å². The molecular weight excluding hydrogens is 402 g/mol. The molecule has 0 radical (unpaired) electrons. The first-order valence-corrected chi connectivity index (χ1v) is 12.0. The minimum absolute atomic E-state index is 0.109. The fourth-order valence-electron chi connectivity index (χ4n) is 4.74. The maximum absolute atomic E-state index is 12.0. The molecule has 6 nitrogen and oxygen atoms in total. The van der Waals surface area contributed by atoms with Gasteiger partial charge in [-0.1, -0.05) is 37.3 Å². The summed E-state index contributed by atoms with van der Waals surface area (Å²) in [5.41, 5.74) is 4.54. The van der Waals surface area contributed by atoms with Crippen LogP contribution in [0.1, 0.15) is 61.0 Å². The molecule has 3 heterocycles. The molecule has 2 N–H and O–H groups in total. The zero-order chi connectivity index (χ0) is 22.3. The van der Waals surface area contributed by atoms with Crippen molar-refractivity contribution in [3.8, 4) is 0 Å². The smallest absolute Gasteiger partial charge is 0.325 e. The molecule has 6 heteroatoms. The third-order valence-corrected chi connectivity index (χ3v) is 6.61. The summed E-state index contributed by atoms with van der Waals surface area (Å²) < 4.78 is 6.10. The van der Waals surface area contributed by atoms with Crippen molar-refractivity contribution in [2.24, 2.45) is 0 Å². The van der Waals surface area contributed by atoms with Gasteiger partial charge in [-0.2, -0.15) is 0 Å². The van der Waals surface area contributed by atoms with Crippen LogP contribution >= 0.6 is 0 Å². The van der Waals surface area contributed by atoms with Crippen molar-refractivity contribution in [1.29, 1.82) is 0 Å². The lowest BCUT2D eigenvalue weighted by atomic mass is 10.0. The molecule has 1 saturated heterocycles. The molecule has 1 fully saturated rings. The number of carbonyl (C=O) groups is 1. The highest BCUT2D eigenvalue weighted by Crippen LogP contribution is 2.27.